The first-order valence-electron chi connectivity index (χ1n) is 12.9. The molecule has 198 valence electrons. The van der Waals surface area contributed by atoms with Crippen LogP contribution in [-0.4, -0.2) is 35.6 Å². The van der Waals surface area contributed by atoms with Crippen LogP contribution in [0.5, 0.6) is 0 Å². The molecule has 1 saturated carbocycles. The summed E-state index contributed by atoms with van der Waals surface area (Å²) in [6, 6.07) is 7.23. The summed E-state index contributed by atoms with van der Waals surface area (Å²) in [5.74, 6) is -2.78. The summed E-state index contributed by atoms with van der Waals surface area (Å²) >= 11 is 6.50. The average molecular weight is 531 g/mol. The predicted molar refractivity (Wildman–Crippen MR) is 138 cm³/mol. The van der Waals surface area contributed by atoms with E-state index in [-0.39, 0.29) is 48.0 Å². The SMILES string of the molecule is CCC(NC(C)=O)c1cc(C)c(Cl)cc1C1CCN(C(=O)[C@@H]2CC(=O)C[C@H]2c2ccc(F)cc2F)CC1. The van der Waals surface area contributed by atoms with Crippen LogP contribution in [0.2, 0.25) is 5.02 Å². The minimum absolute atomic E-state index is 0.0762. The van der Waals surface area contributed by atoms with Gasteiger partial charge in [-0.25, -0.2) is 8.78 Å². The summed E-state index contributed by atoms with van der Waals surface area (Å²) < 4.78 is 27.9. The molecule has 8 heteroatoms. The minimum atomic E-state index is -0.718. The third kappa shape index (κ3) is 5.87. The van der Waals surface area contributed by atoms with Gasteiger partial charge in [0.15, 0.2) is 0 Å². The lowest BCUT2D eigenvalue weighted by Crippen LogP contribution is -2.42. The number of aryl methyl sites for hydroxylation is 1. The number of hydrogen-bond donors (Lipinski definition) is 1. The van der Waals surface area contributed by atoms with E-state index in [4.69, 9.17) is 11.6 Å². The maximum atomic E-state index is 14.5. The summed E-state index contributed by atoms with van der Waals surface area (Å²) in [6.45, 7) is 6.50. The molecule has 1 heterocycles. The topological polar surface area (TPSA) is 66.5 Å². The molecule has 5 nitrogen and oxygen atoms in total. The largest absolute Gasteiger partial charge is 0.350 e. The highest BCUT2D eigenvalue weighted by Gasteiger charge is 2.42. The molecule has 2 fully saturated rings. The summed E-state index contributed by atoms with van der Waals surface area (Å²) in [5.41, 5.74) is 3.31. The molecule has 2 aromatic carbocycles. The molecule has 2 aromatic rings. The predicted octanol–water partition coefficient (Wildman–Crippen LogP) is 5.98. The van der Waals surface area contributed by atoms with E-state index in [1.807, 2.05) is 26.0 Å². The van der Waals surface area contributed by atoms with E-state index in [0.717, 1.165) is 29.2 Å². The zero-order valence-corrected chi connectivity index (χ0v) is 22.2. The van der Waals surface area contributed by atoms with Gasteiger partial charge < -0.3 is 10.2 Å². The zero-order valence-electron chi connectivity index (χ0n) is 21.5. The summed E-state index contributed by atoms with van der Waals surface area (Å²) in [6.07, 6.45) is 2.33. The van der Waals surface area contributed by atoms with Crippen molar-refractivity contribution in [2.75, 3.05) is 13.1 Å². The Bertz CT molecular complexity index is 1210. The average Bonchev–Trinajstić information content (AvgIpc) is 3.24. The van der Waals surface area contributed by atoms with E-state index in [1.165, 1.54) is 19.1 Å². The van der Waals surface area contributed by atoms with Crippen molar-refractivity contribution in [2.45, 2.75) is 70.8 Å². The van der Waals surface area contributed by atoms with Gasteiger partial charge in [0.25, 0.3) is 0 Å². The van der Waals surface area contributed by atoms with Crippen molar-refractivity contribution < 1.29 is 23.2 Å². The molecule has 0 radical (unpaired) electrons. The van der Waals surface area contributed by atoms with Crippen LogP contribution < -0.4 is 5.32 Å². The van der Waals surface area contributed by atoms with Gasteiger partial charge in [-0.2, -0.15) is 0 Å². The number of benzene rings is 2. The number of halogens is 3. The van der Waals surface area contributed by atoms with E-state index in [9.17, 15) is 23.2 Å². The molecule has 1 N–H and O–H groups in total. The second kappa shape index (κ2) is 11.3. The van der Waals surface area contributed by atoms with Gasteiger partial charge in [-0.05, 0) is 66.5 Å². The van der Waals surface area contributed by atoms with Crippen molar-refractivity contribution in [2.24, 2.45) is 5.92 Å². The van der Waals surface area contributed by atoms with E-state index >= 15 is 0 Å². The minimum Gasteiger partial charge on any atom is -0.350 e. The maximum Gasteiger partial charge on any atom is 0.226 e. The third-order valence-corrected chi connectivity index (χ3v) is 8.24. The number of ketones is 1. The molecular weight excluding hydrogens is 498 g/mol. The number of amides is 2. The fourth-order valence-corrected chi connectivity index (χ4v) is 6.08. The van der Waals surface area contributed by atoms with Crippen molar-refractivity contribution in [1.29, 1.82) is 0 Å². The van der Waals surface area contributed by atoms with Gasteiger partial charge in [0.1, 0.15) is 17.4 Å². The summed E-state index contributed by atoms with van der Waals surface area (Å²) in [4.78, 5) is 39.4. The lowest BCUT2D eigenvalue weighted by atomic mass is 9.82. The van der Waals surface area contributed by atoms with Crippen molar-refractivity contribution in [3.63, 3.8) is 0 Å². The van der Waals surface area contributed by atoms with Crippen molar-refractivity contribution in [3.8, 4) is 0 Å². The van der Waals surface area contributed by atoms with Gasteiger partial charge in [-0.1, -0.05) is 30.7 Å². The van der Waals surface area contributed by atoms with Gasteiger partial charge in [-0.15, -0.1) is 0 Å². The number of carbonyl (C=O) groups is 3. The first-order valence-corrected chi connectivity index (χ1v) is 13.3. The highest BCUT2D eigenvalue weighted by Crippen LogP contribution is 2.42. The van der Waals surface area contributed by atoms with Gasteiger partial charge in [0.05, 0.1) is 12.0 Å². The summed E-state index contributed by atoms with van der Waals surface area (Å²) in [7, 11) is 0. The van der Waals surface area contributed by atoms with E-state index in [1.54, 1.807) is 4.90 Å². The van der Waals surface area contributed by atoms with E-state index in [0.29, 0.717) is 31.0 Å². The smallest absolute Gasteiger partial charge is 0.226 e. The highest BCUT2D eigenvalue weighted by atomic mass is 35.5. The maximum absolute atomic E-state index is 14.5. The molecule has 37 heavy (non-hydrogen) atoms. The Morgan fingerprint density at radius 1 is 1.11 bits per heavy atom. The Morgan fingerprint density at radius 3 is 2.43 bits per heavy atom. The Hall–Kier alpha value is -2.80. The number of Topliss-reactive ketones (excluding diaryl/α,β-unsaturated/α-hetero) is 1. The van der Waals surface area contributed by atoms with Gasteiger partial charge in [0, 0.05) is 49.9 Å². The van der Waals surface area contributed by atoms with Crippen molar-refractivity contribution in [1.82, 2.24) is 10.2 Å². The monoisotopic (exact) mass is 530 g/mol. The first-order chi connectivity index (χ1) is 17.6. The summed E-state index contributed by atoms with van der Waals surface area (Å²) in [5, 5.41) is 3.71. The number of hydrogen-bond acceptors (Lipinski definition) is 3. The molecule has 0 aromatic heterocycles. The lowest BCUT2D eigenvalue weighted by Gasteiger charge is -2.36. The molecule has 1 aliphatic carbocycles. The van der Waals surface area contributed by atoms with Crippen molar-refractivity contribution in [3.05, 3.63) is 69.2 Å². The van der Waals surface area contributed by atoms with Crippen LogP contribution in [-0.2, 0) is 14.4 Å². The van der Waals surface area contributed by atoms with Crippen LogP contribution in [0.4, 0.5) is 8.78 Å². The number of nitrogens with one attached hydrogen (secondary N) is 1. The molecular formula is C29H33ClF2N2O3. The molecule has 1 aliphatic heterocycles. The second-order valence-electron chi connectivity index (χ2n) is 10.3. The number of carbonyl (C=O) groups excluding carboxylic acids is 3. The van der Waals surface area contributed by atoms with Gasteiger partial charge in [-0.3, -0.25) is 14.4 Å². The molecule has 3 atom stereocenters. The van der Waals surface area contributed by atoms with Crippen LogP contribution in [0.1, 0.15) is 86.1 Å². The van der Waals surface area contributed by atoms with Crippen LogP contribution in [0, 0.1) is 24.5 Å². The fourth-order valence-electron chi connectivity index (χ4n) is 5.91. The van der Waals surface area contributed by atoms with Gasteiger partial charge in [0.2, 0.25) is 11.8 Å². The number of rotatable bonds is 6. The van der Waals surface area contributed by atoms with Crippen LogP contribution >= 0.6 is 11.6 Å². The van der Waals surface area contributed by atoms with Gasteiger partial charge >= 0.3 is 0 Å². The second-order valence-corrected chi connectivity index (χ2v) is 10.7. The Kier molecular flexibility index (Phi) is 8.32. The molecule has 4 rings (SSSR count). The number of likely N-dealkylation sites (tertiary alicyclic amines) is 1. The van der Waals surface area contributed by atoms with E-state index < -0.39 is 23.5 Å². The molecule has 2 amide bonds. The molecule has 1 unspecified atom stereocenters. The fraction of sp³-hybridized carbons (Fsp3) is 0.483. The Labute approximate surface area is 221 Å². The van der Waals surface area contributed by atoms with Crippen LogP contribution in [0.3, 0.4) is 0 Å². The molecule has 1 saturated heterocycles. The first kappa shape index (κ1) is 27.2. The highest BCUT2D eigenvalue weighted by molar-refractivity contribution is 6.31. The lowest BCUT2D eigenvalue weighted by molar-refractivity contribution is -0.137. The molecule has 0 bridgehead atoms. The van der Waals surface area contributed by atoms with Crippen LogP contribution in [0.15, 0.2) is 30.3 Å². The standard InChI is InChI=1S/C29H33ClF2N2O3/c1-4-28(33-17(3)35)24-11-16(2)26(30)15-22(24)18-7-9-34(10-8-18)29(37)25-14-20(36)13-23(25)21-6-5-19(31)12-27(21)32/h5-6,11-12,15,18,23,25,28H,4,7-10,13-14H2,1-3H3,(H,33,35)/t23-,25+,28?/m0/s1. The van der Waals surface area contributed by atoms with Crippen molar-refractivity contribution >= 4 is 29.2 Å². The quantitative estimate of drug-likeness (QED) is 0.499. The third-order valence-electron chi connectivity index (χ3n) is 7.83. The normalized spacial score (nSPS) is 21.2. The Morgan fingerprint density at radius 2 is 1.81 bits per heavy atom. The molecule has 2 aliphatic rings. The molecule has 0 spiro atoms. The Balaban J connectivity index is 1.51. The zero-order chi connectivity index (χ0) is 26.9. The van der Waals surface area contributed by atoms with E-state index in [2.05, 4.69) is 5.32 Å². The number of piperidine rings is 1. The number of nitrogens with zero attached hydrogens (tertiary/aromatic N) is 1. The van der Waals surface area contributed by atoms with Crippen LogP contribution in [0.25, 0.3) is 0 Å².